The van der Waals surface area contributed by atoms with Crippen LogP contribution in [0.5, 0.6) is 0 Å². The third-order valence-electron chi connectivity index (χ3n) is 5.40. The van der Waals surface area contributed by atoms with Gasteiger partial charge in [0, 0.05) is 19.1 Å². The quantitative estimate of drug-likeness (QED) is 0.597. The van der Waals surface area contributed by atoms with Gasteiger partial charge in [-0.1, -0.05) is 23.5 Å². The van der Waals surface area contributed by atoms with E-state index in [0.29, 0.717) is 18.4 Å². The number of aromatic nitrogens is 3. The highest BCUT2D eigenvalue weighted by molar-refractivity contribution is 7.20. The molecule has 2 aromatic heterocycles. The third-order valence-corrected chi connectivity index (χ3v) is 6.42. The lowest BCUT2D eigenvalue weighted by molar-refractivity contribution is -0.787. The van der Waals surface area contributed by atoms with Gasteiger partial charge in [0.25, 0.3) is 5.56 Å². The first-order valence-corrected chi connectivity index (χ1v) is 10.8. The minimum absolute atomic E-state index is 0.0873. The van der Waals surface area contributed by atoms with Crippen molar-refractivity contribution in [2.24, 2.45) is 4.99 Å². The number of hydrogen-bond acceptors (Lipinski definition) is 4. The number of piperidine rings is 1. The Kier molecular flexibility index (Phi) is 5.13. The molecule has 3 N–H and O–H groups in total. The van der Waals surface area contributed by atoms with Gasteiger partial charge in [0.05, 0.1) is 32.9 Å². The largest absolute Gasteiger partial charge is 0.433 e. The zero-order valence-corrected chi connectivity index (χ0v) is 18.6. The van der Waals surface area contributed by atoms with Crippen molar-refractivity contribution in [2.75, 3.05) is 0 Å². The lowest BCUT2D eigenvalue weighted by Gasteiger charge is -2.41. The molecule has 0 bridgehead atoms. The third kappa shape index (κ3) is 4.45. The number of H-pyrrole nitrogens is 1. The van der Waals surface area contributed by atoms with E-state index in [4.69, 9.17) is 0 Å². The number of alkyl halides is 3. The van der Waals surface area contributed by atoms with Crippen molar-refractivity contribution in [3.05, 3.63) is 45.9 Å². The molecule has 0 unspecified atom stereocenters. The number of quaternary nitrogens is 1. The minimum Gasteiger partial charge on any atom is -0.337 e. The monoisotopic (exact) mass is 452 g/mol. The maximum absolute atomic E-state index is 13.7. The summed E-state index contributed by atoms with van der Waals surface area (Å²) in [5, 5.41) is 4.64. The number of nitrogens with zero attached hydrogens (tertiary/aromatic N) is 3. The molecule has 0 aliphatic carbocycles. The second kappa shape index (κ2) is 7.30. The standard InChI is InChI=1S/C21H24F3N5OS/c1-19(2)9-12(10-20(3,4)28-19)25-11-13-16(21(22,23)24)27-29(17(13)30)18-26-14-7-5-6-8-15(14)31-18/h5-8,11-12,27-28H,9-10H2,1-4H3/p+1. The molecule has 0 radical (unpaired) electrons. The van der Waals surface area contributed by atoms with Crippen LogP contribution in [0.25, 0.3) is 15.3 Å². The Morgan fingerprint density at radius 1 is 1.23 bits per heavy atom. The van der Waals surface area contributed by atoms with E-state index in [0.717, 1.165) is 26.9 Å². The first-order valence-electron chi connectivity index (χ1n) is 10.0. The highest BCUT2D eigenvalue weighted by Gasteiger charge is 2.42. The van der Waals surface area contributed by atoms with Gasteiger partial charge in [0.1, 0.15) is 0 Å². The second-order valence-electron chi connectivity index (χ2n) is 9.46. The minimum atomic E-state index is -4.72. The predicted molar refractivity (Wildman–Crippen MR) is 115 cm³/mol. The highest BCUT2D eigenvalue weighted by Crippen LogP contribution is 2.31. The number of nitrogens with two attached hydrogens (primary N) is 1. The molecule has 1 aromatic carbocycles. The number of aliphatic imine (C=N–C) groups is 1. The number of para-hydroxylation sites is 1. The van der Waals surface area contributed by atoms with E-state index in [1.165, 1.54) is 0 Å². The number of benzene rings is 1. The van der Waals surface area contributed by atoms with Crippen LogP contribution in [0.3, 0.4) is 0 Å². The van der Waals surface area contributed by atoms with Crippen LogP contribution in [0, 0.1) is 0 Å². The zero-order valence-electron chi connectivity index (χ0n) is 17.7. The summed E-state index contributed by atoms with van der Waals surface area (Å²) in [4.78, 5) is 21.7. The molecular formula is C21H25F3N5OS+. The van der Waals surface area contributed by atoms with E-state index >= 15 is 0 Å². The van der Waals surface area contributed by atoms with Crippen LogP contribution in [0.15, 0.2) is 34.1 Å². The molecule has 1 aliphatic rings. The molecule has 1 saturated heterocycles. The first-order chi connectivity index (χ1) is 14.3. The maximum atomic E-state index is 13.7. The highest BCUT2D eigenvalue weighted by atomic mass is 32.1. The van der Waals surface area contributed by atoms with Gasteiger partial charge >= 0.3 is 6.18 Å². The summed E-state index contributed by atoms with van der Waals surface area (Å²) >= 11 is 1.15. The molecule has 10 heteroatoms. The molecule has 0 amide bonds. The van der Waals surface area contributed by atoms with Crippen LogP contribution in [-0.4, -0.2) is 38.1 Å². The van der Waals surface area contributed by atoms with Gasteiger partial charge in [-0.05, 0) is 39.8 Å². The fraction of sp³-hybridized carbons (Fsp3) is 0.476. The molecule has 31 heavy (non-hydrogen) atoms. The van der Waals surface area contributed by atoms with Gasteiger partial charge in [-0.15, -0.1) is 0 Å². The van der Waals surface area contributed by atoms with Crippen LogP contribution < -0.4 is 10.9 Å². The normalized spacial score (nSPS) is 19.5. The molecule has 3 heterocycles. The fourth-order valence-electron chi connectivity index (χ4n) is 4.62. The Morgan fingerprint density at radius 3 is 2.48 bits per heavy atom. The van der Waals surface area contributed by atoms with Crippen molar-refractivity contribution in [1.82, 2.24) is 14.8 Å². The van der Waals surface area contributed by atoms with E-state index in [1.807, 2.05) is 6.07 Å². The predicted octanol–water partition coefficient (Wildman–Crippen LogP) is 3.50. The summed E-state index contributed by atoms with van der Waals surface area (Å²) < 4.78 is 42.8. The molecule has 4 rings (SSSR count). The van der Waals surface area contributed by atoms with Crippen molar-refractivity contribution < 1.29 is 18.5 Å². The lowest BCUT2D eigenvalue weighted by Crippen LogP contribution is -3.05. The summed E-state index contributed by atoms with van der Waals surface area (Å²) in [5.41, 5.74) is -1.96. The van der Waals surface area contributed by atoms with Gasteiger partial charge in [-0.3, -0.25) is 14.9 Å². The Hall–Kier alpha value is -2.46. The van der Waals surface area contributed by atoms with Crippen molar-refractivity contribution in [3.63, 3.8) is 0 Å². The SMILES string of the molecule is CC1(C)CC(N=Cc2c(C(F)(F)F)[nH]n(-c3nc4ccccc4s3)c2=O)CC(C)(C)[NH2+]1. The first kappa shape index (κ1) is 21.8. The number of hydrogen-bond donors (Lipinski definition) is 2. The van der Waals surface area contributed by atoms with Gasteiger partial charge in [-0.2, -0.15) is 17.9 Å². The van der Waals surface area contributed by atoms with E-state index in [-0.39, 0.29) is 22.3 Å². The summed E-state index contributed by atoms with van der Waals surface area (Å²) in [6, 6.07) is 6.99. The number of aromatic amines is 1. The van der Waals surface area contributed by atoms with Crippen LogP contribution >= 0.6 is 11.3 Å². The average molecular weight is 453 g/mol. The molecule has 3 aromatic rings. The van der Waals surface area contributed by atoms with Crippen LogP contribution in [0.2, 0.25) is 0 Å². The van der Waals surface area contributed by atoms with E-state index in [9.17, 15) is 18.0 Å². The van der Waals surface area contributed by atoms with Gasteiger partial charge in [-0.25, -0.2) is 4.98 Å². The molecule has 0 atom stereocenters. The number of fused-ring (bicyclic) bond motifs is 1. The number of thiazole rings is 1. The lowest BCUT2D eigenvalue weighted by atomic mass is 9.80. The molecule has 0 saturated carbocycles. The number of nitrogens with one attached hydrogen (secondary N) is 1. The number of halogens is 3. The zero-order chi connectivity index (χ0) is 22.6. The average Bonchev–Trinajstić information content (AvgIpc) is 3.17. The molecule has 1 aliphatic heterocycles. The number of rotatable bonds is 3. The van der Waals surface area contributed by atoms with Gasteiger partial charge < -0.3 is 5.32 Å². The Bertz CT molecular complexity index is 1150. The Labute approximate surface area is 181 Å². The summed E-state index contributed by atoms with van der Waals surface area (Å²) in [6.45, 7) is 8.37. The summed E-state index contributed by atoms with van der Waals surface area (Å²) in [6.07, 6.45) is -2.20. The van der Waals surface area contributed by atoms with Crippen molar-refractivity contribution in [1.29, 1.82) is 0 Å². The van der Waals surface area contributed by atoms with E-state index in [1.54, 1.807) is 18.2 Å². The molecule has 166 valence electrons. The van der Waals surface area contributed by atoms with Crippen molar-refractivity contribution in [2.45, 2.75) is 63.8 Å². The van der Waals surface area contributed by atoms with E-state index in [2.05, 4.69) is 48.1 Å². The smallest absolute Gasteiger partial charge is 0.337 e. The summed E-state index contributed by atoms with van der Waals surface area (Å²) in [5.74, 6) is 0. The second-order valence-corrected chi connectivity index (χ2v) is 10.5. The van der Waals surface area contributed by atoms with E-state index < -0.39 is 23.0 Å². The molecule has 0 spiro atoms. The van der Waals surface area contributed by atoms with Gasteiger partial charge in [0.15, 0.2) is 5.69 Å². The van der Waals surface area contributed by atoms with Crippen LogP contribution in [0.4, 0.5) is 13.2 Å². The topological polar surface area (TPSA) is 79.7 Å². The van der Waals surface area contributed by atoms with Crippen molar-refractivity contribution >= 4 is 27.8 Å². The van der Waals surface area contributed by atoms with Crippen LogP contribution in [-0.2, 0) is 6.18 Å². The summed E-state index contributed by atoms with van der Waals surface area (Å²) in [7, 11) is 0. The van der Waals surface area contributed by atoms with Gasteiger partial charge in [0.2, 0.25) is 5.13 Å². The van der Waals surface area contributed by atoms with Crippen LogP contribution in [0.1, 0.15) is 51.8 Å². The van der Waals surface area contributed by atoms with Crippen molar-refractivity contribution in [3.8, 4) is 5.13 Å². The fourth-order valence-corrected chi connectivity index (χ4v) is 5.55. The molecular weight excluding hydrogens is 427 g/mol. The maximum Gasteiger partial charge on any atom is 0.433 e. The Morgan fingerprint density at radius 2 is 1.87 bits per heavy atom. The molecule has 1 fully saturated rings. The molecule has 6 nitrogen and oxygen atoms in total. The Balaban J connectivity index is 1.75.